The number of hydrogen-bond acceptors (Lipinski definition) is 3. The van der Waals surface area contributed by atoms with Crippen LogP contribution in [0.2, 0.25) is 0 Å². The minimum absolute atomic E-state index is 0.115. The Morgan fingerprint density at radius 2 is 1.88 bits per heavy atom. The lowest BCUT2D eigenvalue weighted by atomic mass is 9.70. The number of nitrogens with zero attached hydrogens (tertiary/aromatic N) is 2. The Morgan fingerprint density at radius 3 is 2.50 bits per heavy atom. The molecule has 2 aliphatic heterocycles. The molecule has 0 spiro atoms. The molecule has 0 unspecified atom stereocenters. The predicted molar refractivity (Wildman–Crippen MR) is 105 cm³/mol. The third-order valence-corrected chi connectivity index (χ3v) is 6.44. The van der Waals surface area contributed by atoms with E-state index in [2.05, 4.69) is 30.7 Å². The normalized spacial score (nSPS) is 26.5. The summed E-state index contributed by atoms with van der Waals surface area (Å²) >= 11 is 0. The zero-order valence-corrected chi connectivity index (χ0v) is 16.0. The number of likely N-dealkylation sites (tertiary alicyclic amines) is 2. The number of rotatable bonds is 5. The molecule has 0 bridgehead atoms. The average molecular weight is 357 g/mol. The molecule has 2 fully saturated rings. The van der Waals surface area contributed by atoms with Gasteiger partial charge in [-0.3, -0.25) is 4.79 Å². The van der Waals surface area contributed by atoms with Crippen LogP contribution in [0.4, 0.5) is 0 Å². The van der Waals surface area contributed by atoms with Gasteiger partial charge in [0.1, 0.15) is 0 Å². The lowest BCUT2D eigenvalue weighted by Crippen LogP contribution is -2.56. The molecule has 1 aromatic carbocycles. The molecular formula is C22H32N2O2. The number of carbonyl (C=O) groups is 1. The summed E-state index contributed by atoms with van der Waals surface area (Å²) in [5.74, 6) is 0.249. The summed E-state index contributed by atoms with van der Waals surface area (Å²) in [5, 5.41) is 10.0. The first-order chi connectivity index (χ1) is 12.6. The fourth-order valence-electron chi connectivity index (χ4n) is 4.73. The largest absolute Gasteiger partial charge is 0.396 e. The SMILES string of the molecule is C=CC[C@]1(CO)CCCN(C(=O)C2(c3ccccc3)CCN(C)CC2)C1. The highest BCUT2D eigenvalue weighted by Crippen LogP contribution is 2.40. The van der Waals surface area contributed by atoms with Gasteiger partial charge in [0.05, 0.1) is 12.0 Å². The maximum absolute atomic E-state index is 13.8. The third kappa shape index (κ3) is 3.58. The number of hydrogen-bond donors (Lipinski definition) is 1. The zero-order chi connectivity index (χ0) is 18.6. The van der Waals surface area contributed by atoms with Crippen molar-refractivity contribution in [3.05, 3.63) is 48.6 Å². The highest BCUT2D eigenvalue weighted by Gasteiger charge is 2.47. The Bertz CT molecular complexity index is 622. The summed E-state index contributed by atoms with van der Waals surface area (Å²) in [6, 6.07) is 10.3. The quantitative estimate of drug-likeness (QED) is 0.825. The first kappa shape index (κ1) is 19.1. The predicted octanol–water partition coefficient (Wildman–Crippen LogP) is 2.83. The van der Waals surface area contributed by atoms with Crippen molar-refractivity contribution in [2.75, 3.05) is 39.8 Å². The molecule has 2 aliphatic rings. The van der Waals surface area contributed by atoms with Crippen LogP contribution in [0.1, 0.15) is 37.7 Å². The van der Waals surface area contributed by atoms with Crippen molar-refractivity contribution in [3.63, 3.8) is 0 Å². The Kier molecular flexibility index (Phi) is 5.83. The van der Waals surface area contributed by atoms with Crippen LogP contribution < -0.4 is 0 Å². The number of allylic oxidation sites excluding steroid dienone is 1. The second kappa shape index (κ2) is 7.93. The van der Waals surface area contributed by atoms with Crippen LogP contribution in [0.5, 0.6) is 0 Å². The van der Waals surface area contributed by atoms with Crippen molar-refractivity contribution in [3.8, 4) is 0 Å². The fourth-order valence-corrected chi connectivity index (χ4v) is 4.73. The van der Waals surface area contributed by atoms with Gasteiger partial charge in [-0.05, 0) is 57.8 Å². The van der Waals surface area contributed by atoms with E-state index in [9.17, 15) is 9.90 Å². The van der Waals surface area contributed by atoms with Gasteiger partial charge in [-0.25, -0.2) is 0 Å². The van der Waals surface area contributed by atoms with Gasteiger partial charge >= 0.3 is 0 Å². The van der Waals surface area contributed by atoms with E-state index < -0.39 is 5.41 Å². The van der Waals surface area contributed by atoms with E-state index in [4.69, 9.17) is 0 Å². The van der Waals surface area contributed by atoms with Crippen LogP contribution in [-0.4, -0.2) is 60.6 Å². The van der Waals surface area contributed by atoms with Gasteiger partial charge in [-0.2, -0.15) is 0 Å². The van der Waals surface area contributed by atoms with E-state index in [0.717, 1.165) is 57.3 Å². The number of carbonyl (C=O) groups excluding carboxylic acids is 1. The van der Waals surface area contributed by atoms with Crippen molar-refractivity contribution in [1.29, 1.82) is 0 Å². The Hall–Kier alpha value is -1.65. The molecule has 0 saturated carbocycles. The molecule has 1 atom stereocenters. The summed E-state index contributed by atoms with van der Waals surface area (Å²) in [6.07, 6.45) is 6.26. The van der Waals surface area contributed by atoms with Gasteiger partial charge in [0, 0.05) is 18.5 Å². The summed E-state index contributed by atoms with van der Waals surface area (Å²) in [5.41, 5.74) is 0.487. The highest BCUT2D eigenvalue weighted by molar-refractivity contribution is 5.88. The molecule has 142 valence electrons. The maximum atomic E-state index is 13.8. The van der Waals surface area contributed by atoms with Crippen LogP contribution in [0.3, 0.4) is 0 Å². The number of amides is 1. The molecule has 0 radical (unpaired) electrons. The van der Waals surface area contributed by atoms with Gasteiger partial charge in [0.2, 0.25) is 5.91 Å². The second-order valence-electron chi connectivity index (χ2n) is 8.23. The maximum Gasteiger partial charge on any atom is 0.233 e. The Labute approximate surface area is 157 Å². The molecule has 26 heavy (non-hydrogen) atoms. The summed E-state index contributed by atoms with van der Waals surface area (Å²) < 4.78 is 0. The van der Waals surface area contributed by atoms with Gasteiger partial charge in [0.25, 0.3) is 0 Å². The standard InChI is InChI=1S/C22H32N2O2/c1-3-10-21(18-25)11-7-14-24(17-21)20(26)22(12-15-23(2)16-13-22)19-8-5-4-6-9-19/h3-6,8-9,25H,1,7,10-18H2,2H3/t21-/m0/s1. The lowest BCUT2D eigenvalue weighted by molar-refractivity contribution is -0.143. The summed E-state index contributed by atoms with van der Waals surface area (Å²) in [6.45, 7) is 7.28. The molecule has 1 N–H and O–H groups in total. The Morgan fingerprint density at radius 1 is 1.19 bits per heavy atom. The molecule has 0 aliphatic carbocycles. The topological polar surface area (TPSA) is 43.8 Å². The van der Waals surface area contributed by atoms with E-state index in [1.165, 1.54) is 0 Å². The van der Waals surface area contributed by atoms with Gasteiger partial charge in [-0.1, -0.05) is 36.4 Å². The number of benzene rings is 1. The van der Waals surface area contributed by atoms with Crippen LogP contribution in [-0.2, 0) is 10.2 Å². The van der Waals surface area contributed by atoms with E-state index in [1.54, 1.807) is 0 Å². The van der Waals surface area contributed by atoms with Crippen molar-refractivity contribution >= 4 is 5.91 Å². The van der Waals surface area contributed by atoms with Gasteiger partial charge in [0.15, 0.2) is 0 Å². The smallest absolute Gasteiger partial charge is 0.233 e. The third-order valence-electron chi connectivity index (χ3n) is 6.44. The molecule has 4 nitrogen and oxygen atoms in total. The molecule has 4 heteroatoms. The van der Waals surface area contributed by atoms with Crippen LogP contribution >= 0.6 is 0 Å². The summed E-state index contributed by atoms with van der Waals surface area (Å²) in [4.78, 5) is 18.1. The van der Waals surface area contributed by atoms with E-state index in [1.807, 2.05) is 29.2 Å². The van der Waals surface area contributed by atoms with E-state index >= 15 is 0 Å². The van der Waals surface area contributed by atoms with Crippen LogP contribution in [0.25, 0.3) is 0 Å². The molecule has 0 aromatic heterocycles. The average Bonchev–Trinajstić information content (AvgIpc) is 2.69. The highest BCUT2D eigenvalue weighted by atomic mass is 16.3. The van der Waals surface area contributed by atoms with E-state index in [-0.39, 0.29) is 17.9 Å². The first-order valence-electron chi connectivity index (χ1n) is 9.80. The minimum atomic E-state index is -0.430. The zero-order valence-electron chi connectivity index (χ0n) is 16.0. The summed E-state index contributed by atoms with van der Waals surface area (Å²) in [7, 11) is 2.13. The van der Waals surface area contributed by atoms with Crippen molar-refractivity contribution in [1.82, 2.24) is 9.80 Å². The molecular weight excluding hydrogens is 324 g/mol. The number of piperidine rings is 2. The fraction of sp³-hybridized carbons (Fsp3) is 0.591. The van der Waals surface area contributed by atoms with Crippen molar-refractivity contribution < 1.29 is 9.90 Å². The molecule has 2 heterocycles. The molecule has 2 saturated heterocycles. The lowest BCUT2D eigenvalue weighted by Gasteiger charge is -2.47. The minimum Gasteiger partial charge on any atom is -0.396 e. The Balaban J connectivity index is 1.89. The second-order valence-corrected chi connectivity index (χ2v) is 8.23. The number of aliphatic hydroxyl groups is 1. The van der Waals surface area contributed by atoms with Gasteiger partial charge < -0.3 is 14.9 Å². The van der Waals surface area contributed by atoms with Crippen LogP contribution in [0.15, 0.2) is 43.0 Å². The molecule has 1 aromatic rings. The van der Waals surface area contributed by atoms with Crippen molar-refractivity contribution in [2.45, 2.75) is 37.5 Å². The van der Waals surface area contributed by atoms with E-state index in [0.29, 0.717) is 6.54 Å². The first-order valence-corrected chi connectivity index (χ1v) is 9.80. The van der Waals surface area contributed by atoms with Crippen molar-refractivity contribution in [2.24, 2.45) is 5.41 Å². The molecule has 3 rings (SSSR count). The number of aliphatic hydroxyl groups excluding tert-OH is 1. The monoisotopic (exact) mass is 356 g/mol. The molecule has 1 amide bonds. The van der Waals surface area contributed by atoms with Gasteiger partial charge in [-0.15, -0.1) is 6.58 Å². The van der Waals surface area contributed by atoms with Crippen LogP contribution in [0, 0.1) is 5.41 Å².